The van der Waals surface area contributed by atoms with Crippen LogP contribution in [0.3, 0.4) is 0 Å². The molecule has 0 radical (unpaired) electrons. The highest BCUT2D eigenvalue weighted by Gasteiger charge is 2.26. The molecule has 1 heterocycles. The molecule has 9 heteroatoms. The Kier molecular flexibility index (Phi) is 5.50. The zero-order valence-corrected chi connectivity index (χ0v) is 12.9. The minimum Gasteiger partial charge on any atom is -0.477 e. The van der Waals surface area contributed by atoms with Gasteiger partial charge in [0, 0.05) is 30.8 Å². The van der Waals surface area contributed by atoms with Gasteiger partial charge in [0.1, 0.15) is 10.6 Å². The highest BCUT2D eigenvalue weighted by molar-refractivity contribution is 7.89. The van der Waals surface area contributed by atoms with Crippen molar-refractivity contribution in [2.75, 3.05) is 13.1 Å². The molecule has 1 aromatic heterocycles. The van der Waals surface area contributed by atoms with Crippen LogP contribution >= 0.6 is 0 Å². The van der Waals surface area contributed by atoms with E-state index in [1.54, 1.807) is 6.92 Å². The molecule has 1 aromatic rings. The predicted octanol–water partition coefficient (Wildman–Crippen LogP) is 0.134. The first kappa shape index (κ1) is 17.2. The van der Waals surface area contributed by atoms with Crippen LogP contribution in [0.25, 0.3) is 0 Å². The number of amides is 1. The smallest absolute Gasteiger partial charge is 0.352 e. The molecule has 0 spiro atoms. The van der Waals surface area contributed by atoms with Crippen molar-refractivity contribution in [2.24, 2.45) is 0 Å². The number of sulfonamides is 1. The van der Waals surface area contributed by atoms with E-state index in [0.29, 0.717) is 6.54 Å². The third kappa shape index (κ3) is 4.05. The quantitative estimate of drug-likeness (QED) is 0.568. The van der Waals surface area contributed by atoms with Gasteiger partial charge in [0.25, 0.3) is 0 Å². The predicted molar refractivity (Wildman–Crippen MR) is 75.7 cm³/mol. The molecule has 0 saturated heterocycles. The van der Waals surface area contributed by atoms with E-state index in [2.05, 4.69) is 15.0 Å². The molecule has 4 N–H and O–H groups in total. The number of hydrogen-bond donors (Lipinski definition) is 4. The van der Waals surface area contributed by atoms with Crippen molar-refractivity contribution in [1.29, 1.82) is 0 Å². The van der Waals surface area contributed by atoms with Crippen LogP contribution in [0.4, 0.5) is 0 Å². The summed E-state index contributed by atoms with van der Waals surface area (Å²) in [5, 5.41) is 11.5. The lowest BCUT2D eigenvalue weighted by molar-refractivity contribution is -0.120. The maximum absolute atomic E-state index is 12.2. The minimum absolute atomic E-state index is 0.0153. The SMILES string of the molecule is CCNC(=O)CCNS(=O)(=O)c1c(C)[nH]c(C(=O)O)c1C. The highest BCUT2D eigenvalue weighted by atomic mass is 32.2. The van der Waals surface area contributed by atoms with Gasteiger partial charge in [-0.3, -0.25) is 4.79 Å². The molecule has 0 aromatic carbocycles. The number of carbonyl (C=O) groups is 2. The van der Waals surface area contributed by atoms with Gasteiger partial charge in [0.05, 0.1) is 0 Å². The summed E-state index contributed by atoms with van der Waals surface area (Å²) in [6, 6.07) is 0. The second-order valence-corrected chi connectivity index (χ2v) is 6.19. The van der Waals surface area contributed by atoms with Gasteiger partial charge in [-0.25, -0.2) is 17.9 Å². The molecule has 118 valence electrons. The molecule has 0 saturated carbocycles. The molecular formula is C12H19N3O5S. The molecule has 0 bridgehead atoms. The molecule has 1 amide bonds. The fraction of sp³-hybridized carbons (Fsp3) is 0.500. The fourth-order valence-corrected chi connectivity index (χ4v) is 3.48. The van der Waals surface area contributed by atoms with E-state index < -0.39 is 16.0 Å². The monoisotopic (exact) mass is 317 g/mol. The summed E-state index contributed by atoms with van der Waals surface area (Å²) in [6.07, 6.45) is 0.0153. The number of aryl methyl sites for hydroxylation is 1. The topological polar surface area (TPSA) is 128 Å². The molecule has 0 aliphatic heterocycles. The van der Waals surface area contributed by atoms with Gasteiger partial charge < -0.3 is 15.4 Å². The van der Waals surface area contributed by atoms with Crippen molar-refractivity contribution >= 4 is 21.9 Å². The minimum atomic E-state index is -3.87. The lowest BCUT2D eigenvalue weighted by Gasteiger charge is -2.07. The number of carboxylic acids is 1. The number of rotatable bonds is 7. The summed E-state index contributed by atoms with van der Waals surface area (Å²) in [5.74, 6) is -1.48. The van der Waals surface area contributed by atoms with E-state index >= 15 is 0 Å². The van der Waals surface area contributed by atoms with Crippen molar-refractivity contribution in [3.8, 4) is 0 Å². The van der Waals surface area contributed by atoms with Crippen LogP contribution in [0.2, 0.25) is 0 Å². The third-order valence-electron chi connectivity index (χ3n) is 2.87. The van der Waals surface area contributed by atoms with Crippen LogP contribution in [-0.2, 0) is 14.8 Å². The standard InChI is InChI=1S/C12H19N3O5S/c1-4-13-9(16)5-6-14-21(19,20)11-7(2)10(12(17)18)15-8(11)3/h14-15H,4-6H2,1-3H3,(H,13,16)(H,17,18). The maximum atomic E-state index is 12.2. The fourth-order valence-electron chi connectivity index (χ4n) is 2.01. The zero-order valence-electron chi connectivity index (χ0n) is 12.1. The Hall–Kier alpha value is -1.87. The maximum Gasteiger partial charge on any atom is 0.352 e. The Balaban J connectivity index is 2.89. The second kappa shape index (κ2) is 6.72. The van der Waals surface area contributed by atoms with Crippen LogP contribution in [0.1, 0.15) is 35.1 Å². The van der Waals surface area contributed by atoms with Gasteiger partial charge in [-0.2, -0.15) is 0 Å². The summed E-state index contributed by atoms with van der Waals surface area (Å²) < 4.78 is 26.7. The Morgan fingerprint density at radius 2 is 1.90 bits per heavy atom. The van der Waals surface area contributed by atoms with Gasteiger partial charge in [-0.1, -0.05) is 0 Å². The zero-order chi connectivity index (χ0) is 16.2. The van der Waals surface area contributed by atoms with Crippen molar-refractivity contribution in [1.82, 2.24) is 15.0 Å². The number of nitrogens with one attached hydrogen (secondary N) is 3. The Morgan fingerprint density at radius 3 is 2.38 bits per heavy atom. The largest absolute Gasteiger partial charge is 0.477 e. The molecule has 8 nitrogen and oxygen atoms in total. The molecule has 0 unspecified atom stereocenters. The summed E-state index contributed by atoms with van der Waals surface area (Å²) in [4.78, 5) is 24.7. The van der Waals surface area contributed by atoms with Crippen molar-refractivity contribution in [3.05, 3.63) is 17.0 Å². The Labute approximate surface area is 123 Å². The van der Waals surface area contributed by atoms with Crippen LogP contribution < -0.4 is 10.0 Å². The number of hydrogen-bond acceptors (Lipinski definition) is 4. The van der Waals surface area contributed by atoms with E-state index in [4.69, 9.17) is 5.11 Å². The van der Waals surface area contributed by atoms with E-state index in [-0.39, 0.29) is 40.7 Å². The first-order valence-electron chi connectivity index (χ1n) is 6.39. The van der Waals surface area contributed by atoms with Crippen molar-refractivity contribution < 1.29 is 23.1 Å². The number of H-pyrrole nitrogens is 1. The highest BCUT2D eigenvalue weighted by Crippen LogP contribution is 2.22. The molecule has 1 rings (SSSR count). The van der Waals surface area contributed by atoms with E-state index in [9.17, 15) is 18.0 Å². The van der Waals surface area contributed by atoms with Crippen LogP contribution in [-0.4, -0.2) is 43.5 Å². The van der Waals surface area contributed by atoms with Crippen molar-refractivity contribution in [3.63, 3.8) is 0 Å². The number of carboxylic acid groups (broad SMARTS) is 1. The lowest BCUT2D eigenvalue weighted by Crippen LogP contribution is -2.31. The van der Waals surface area contributed by atoms with Crippen LogP contribution in [0.5, 0.6) is 0 Å². The van der Waals surface area contributed by atoms with Gasteiger partial charge >= 0.3 is 5.97 Å². The summed E-state index contributed by atoms with van der Waals surface area (Å²) in [5.41, 5.74) is 0.234. The third-order valence-corrected chi connectivity index (χ3v) is 4.60. The van der Waals surface area contributed by atoms with Gasteiger partial charge in [-0.15, -0.1) is 0 Å². The van der Waals surface area contributed by atoms with Crippen molar-refractivity contribution in [2.45, 2.75) is 32.1 Å². The summed E-state index contributed by atoms with van der Waals surface area (Å²) in [6.45, 7) is 5.09. The number of aromatic nitrogens is 1. The normalized spacial score (nSPS) is 11.4. The molecular weight excluding hydrogens is 298 g/mol. The molecule has 21 heavy (non-hydrogen) atoms. The average molecular weight is 317 g/mol. The van der Waals surface area contributed by atoms with Crippen LogP contribution in [0.15, 0.2) is 4.90 Å². The van der Waals surface area contributed by atoms with Gasteiger partial charge in [0.2, 0.25) is 15.9 Å². The van der Waals surface area contributed by atoms with E-state index in [1.807, 2.05) is 0 Å². The molecule has 0 fully saturated rings. The summed E-state index contributed by atoms with van der Waals surface area (Å²) >= 11 is 0. The second-order valence-electron chi connectivity index (χ2n) is 4.49. The number of aromatic amines is 1. The number of aromatic carboxylic acids is 1. The lowest BCUT2D eigenvalue weighted by atomic mass is 10.2. The Morgan fingerprint density at radius 1 is 1.29 bits per heavy atom. The van der Waals surface area contributed by atoms with Crippen LogP contribution in [0, 0.1) is 13.8 Å². The number of carbonyl (C=O) groups excluding carboxylic acids is 1. The first-order chi connectivity index (χ1) is 9.70. The average Bonchev–Trinajstić information content (AvgIpc) is 2.65. The van der Waals surface area contributed by atoms with Gasteiger partial charge in [0.15, 0.2) is 0 Å². The van der Waals surface area contributed by atoms with Gasteiger partial charge in [-0.05, 0) is 20.8 Å². The van der Waals surface area contributed by atoms with E-state index in [0.717, 1.165) is 0 Å². The van der Waals surface area contributed by atoms with E-state index in [1.165, 1.54) is 13.8 Å². The first-order valence-corrected chi connectivity index (χ1v) is 7.87. The molecule has 0 atom stereocenters. The molecule has 0 aliphatic carbocycles. The summed E-state index contributed by atoms with van der Waals surface area (Å²) in [7, 11) is -3.87. The Bertz CT molecular complexity index is 648. The molecule has 0 aliphatic rings.